The quantitative estimate of drug-likeness (QED) is 0.843. The van der Waals surface area contributed by atoms with Gasteiger partial charge in [0.25, 0.3) is 11.5 Å². The summed E-state index contributed by atoms with van der Waals surface area (Å²) in [5.74, 6) is 1.96. The Labute approximate surface area is 159 Å². The molecule has 0 unspecified atom stereocenters. The van der Waals surface area contributed by atoms with E-state index in [2.05, 4.69) is 5.32 Å². The van der Waals surface area contributed by atoms with Crippen LogP contribution < -0.4 is 15.6 Å². The Balaban J connectivity index is 1.93. The van der Waals surface area contributed by atoms with Crippen molar-refractivity contribution in [3.63, 3.8) is 0 Å². The fraction of sp³-hybridized carbons (Fsp3) is 0.524. The molecule has 0 saturated heterocycles. The molecule has 146 valence electrons. The molecule has 1 N–H and O–H groups in total. The summed E-state index contributed by atoms with van der Waals surface area (Å²) in [7, 11) is 0. The highest BCUT2D eigenvalue weighted by atomic mass is 16.5. The number of fused-ring (bicyclic) bond motifs is 1. The van der Waals surface area contributed by atoms with E-state index in [1.807, 2.05) is 32.9 Å². The van der Waals surface area contributed by atoms with Gasteiger partial charge in [0.1, 0.15) is 22.8 Å². The van der Waals surface area contributed by atoms with Crippen LogP contribution in [0.25, 0.3) is 0 Å². The largest absolute Gasteiger partial charge is 0.492 e. The Bertz CT molecular complexity index is 864. The van der Waals surface area contributed by atoms with Gasteiger partial charge in [0.15, 0.2) is 0 Å². The minimum absolute atomic E-state index is 0.0936. The van der Waals surface area contributed by atoms with E-state index in [0.717, 1.165) is 30.7 Å². The van der Waals surface area contributed by atoms with Crippen LogP contribution in [-0.4, -0.2) is 17.1 Å². The first kappa shape index (κ1) is 19.3. The van der Waals surface area contributed by atoms with Gasteiger partial charge >= 0.3 is 0 Å². The first-order chi connectivity index (χ1) is 13.0. The third kappa shape index (κ3) is 4.62. The van der Waals surface area contributed by atoms with Crippen molar-refractivity contribution < 1.29 is 13.9 Å². The highest BCUT2D eigenvalue weighted by Crippen LogP contribution is 2.25. The third-order valence-electron chi connectivity index (χ3n) is 4.70. The van der Waals surface area contributed by atoms with Gasteiger partial charge in [-0.2, -0.15) is 0 Å². The smallest absolute Gasteiger partial charge is 0.257 e. The van der Waals surface area contributed by atoms with Crippen molar-refractivity contribution in [2.45, 2.75) is 59.5 Å². The van der Waals surface area contributed by atoms with Crippen molar-refractivity contribution in [2.75, 3.05) is 6.61 Å². The van der Waals surface area contributed by atoms with E-state index in [9.17, 15) is 9.59 Å². The van der Waals surface area contributed by atoms with Gasteiger partial charge in [-0.1, -0.05) is 20.3 Å². The third-order valence-corrected chi connectivity index (χ3v) is 4.70. The Kier molecular flexibility index (Phi) is 6.04. The van der Waals surface area contributed by atoms with Crippen LogP contribution in [0.3, 0.4) is 0 Å². The zero-order valence-corrected chi connectivity index (χ0v) is 16.3. The molecular formula is C21H28N2O4. The van der Waals surface area contributed by atoms with Crippen molar-refractivity contribution >= 4 is 5.91 Å². The maximum absolute atomic E-state index is 13.0. The van der Waals surface area contributed by atoms with Crippen molar-refractivity contribution in [3.8, 4) is 5.75 Å². The molecule has 0 fully saturated rings. The second-order valence-electron chi connectivity index (χ2n) is 7.53. The second kappa shape index (κ2) is 8.46. The van der Waals surface area contributed by atoms with Gasteiger partial charge in [-0.05, 0) is 44.2 Å². The molecule has 1 aliphatic heterocycles. The molecule has 0 atom stereocenters. The first-order valence-electron chi connectivity index (χ1n) is 9.68. The van der Waals surface area contributed by atoms with Crippen LogP contribution in [0, 0.1) is 12.8 Å². The molecular weight excluding hydrogens is 344 g/mol. The van der Waals surface area contributed by atoms with Gasteiger partial charge in [0, 0.05) is 18.3 Å². The van der Waals surface area contributed by atoms with Crippen molar-refractivity contribution in [1.82, 2.24) is 9.88 Å². The number of amides is 1. The summed E-state index contributed by atoms with van der Waals surface area (Å²) in [6.07, 6.45) is 3.67. The van der Waals surface area contributed by atoms with Crippen LogP contribution in [-0.2, 0) is 19.5 Å². The fourth-order valence-electron chi connectivity index (χ4n) is 3.37. The molecule has 0 bridgehead atoms. The molecule has 2 aromatic rings. The molecule has 0 saturated carbocycles. The minimum Gasteiger partial charge on any atom is -0.492 e. The molecule has 1 aliphatic rings. The molecule has 3 heterocycles. The van der Waals surface area contributed by atoms with Crippen LogP contribution in [0.1, 0.15) is 60.7 Å². The van der Waals surface area contributed by atoms with E-state index in [0.29, 0.717) is 49.1 Å². The standard InChI is InChI=1S/C21H28N2O4/c1-14(2)13-26-18-11-19(24)23-10-6-4-5-7-17(23)20(18)21(25)22-12-16-9-8-15(3)27-16/h8-9,11,14H,4-7,10,12-13H2,1-3H3,(H,22,25). The number of furan rings is 1. The summed E-state index contributed by atoms with van der Waals surface area (Å²) in [5, 5.41) is 2.92. The summed E-state index contributed by atoms with van der Waals surface area (Å²) in [6, 6.07) is 5.18. The number of pyridine rings is 1. The van der Waals surface area contributed by atoms with Crippen LogP contribution in [0.15, 0.2) is 27.4 Å². The van der Waals surface area contributed by atoms with Gasteiger partial charge in [0.05, 0.1) is 13.2 Å². The first-order valence-corrected chi connectivity index (χ1v) is 9.68. The summed E-state index contributed by atoms with van der Waals surface area (Å²) < 4.78 is 13.1. The van der Waals surface area contributed by atoms with Crippen LogP contribution in [0.4, 0.5) is 0 Å². The number of hydrogen-bond acceptors (Lipinski definition) is 4. The maximum atomic E-state index is 13.0. The van der Waals surface area contributed by atoms with Gasteiger partial charge in [-0.25, -0.2) is 0 Å². The Hall–Kier alpha value is -2.50. The molecule has 0 aromatic carbocycles. The number of nitrogens with zero attached hydrogens (tertiary/aromatic N) is 1. The highest BCUT2D eigenvalue weighted by Gasteiger charge is 2.24. The number of rotatable bonds is 6. The lowest BCUT2D eigenvalue weighted by atomic mass is 10.1. The molecule has 1 amide bonds. The second-order valence-corrected chi connectivity index (χ2v) is 7.53. The number of hydrogen-bond donors (Lipinski definition) is 1. The minimum atomic E-state index is -0.228. The lowest BCUT2D eigenvalue weighted by Crippen LogP contribution is -2.31. The summed E-state index contributed by atoms with van der Waals surface area (Å²) in [4.78, 5) is 25.6. The lowest BCUT2D eigenvalue weighted by Gasteiger charge is -2.19. The Morgan fingerprint density at radius 3 is 2.81 bits per heavy atom. The summed E-state index contributed by atoms with van der Waals surface area (Å²) >= 11 is 0. The molecule has 0 radical (unpaired) electrons. The number of ether oxygens (including phenoxy) is 1. The Morgan fingerprint density at radius 1 is 1.30 bits per heavy atom. The van der Waals surface area contributed by atoms with E-state index < -0.39 is 0 Å². The fourth-order valence-corrected chi connectivity index (χ4v) is 3.37. The van der Waals surface area contributed by atoms with Gasteiger partial charge in [0.2, 0.25) is 0 Å². The number of aromatic nitrogens is 1. The summed E-state index contributed by atoms with van der Waals surface area (Å²) in [6.45, 7) is 7.35. The molecule has 2 aromatic heterocycles. The average Bonchev–Trinajstić information content (AvgIpc) is 2.89. The van der Waals surface area contributed by atoms with E-state index >= 15 is 0 Å². The van der Waals surface area contributed by atoms with Crippen LogP contribution >= 0.6 is 0 Å². The number of carbonyl (C=O) groups excluding carboxylic acids is 1. The zero-order valence-electron chi connectivity index (χ0n) is 16.3. The maximum Gasteiger partial charge on any atom is 0.257 e. The normalized spacial score (nSPS) is 13.9. The van der Waals surface area contributed by atoms with Crippen molar-refractivity contribution in [3.05, 3.63) is 51.3 Å². The van der Waals surface area contributed by atoms with E-state index in [1.54, 1.807) is 4.57 Å². The molecule has 27 heavy (non-hydrogen) atoms. The summed E-state index contributed by atoms with van der Waals surface area (Å²) in [5.41, 5.74) is 1.18. The number of nitrogens with one attached hydrogen (secondary N) is 1. The average molecular weight is 372 g/mol. The number of aryl methyl sites for hydroxylation is 1. The monoisotopic (exact) mass is 372 g/mol. The van der Waals surface area contributed by atoms with Crippen LogP contribution in [0.2, 0.25) is 0 Å². The topological polar surface area (TPSA) is 73.5 Å². The van der Waals surface area contributed by atoms with Crippen molar-refractivity contribution in [2.24, 2.45) is 5.92 Å². The van der Waals surface area contributed by atoms with E-state index in [-0.39, 0.29) is 11.5 Å². The lowest BCUT2D eigenvalue weighted by molar-refractivity contribution is 0.0940. The van der Waals surface area contributed by atoms with Crippen LogP contribution in [0.5, 0.6) is 5.75 Å². The predicted molar refractivity (Wildman–Crippen MR) is 103 cm³/mol. The molecule has 3 rings (SSSR count). The molecule has 0 spiro atoms. The molecule has 6 heteroatoms. The van der Waals surface area contributed by atoms with Gasteiger partial charge < -0.3 is 19.0 Å². The Morgan fingerprint density at radius 2 is 2.11 bits per heavy atom. The molecule has 0 aliphatic carbocycles. The predicted octanol–water partition coefficient (Wildman–Crippen LogP) is 3.44. The molecule has 6 nitrogen and oxygen atoms in total. The number of carbonyl (C=O) groups is 1. The van der Waals surface area contributed by atoms with Gasteiger partial charge in [-0.3, -0.25) is 9.59 Å². The van der Waals surface area contributed by atoms with Gasteiger partial charge in [-0.15, -0.1) is 0 Å². The van der Waals surface area contributed by atoms with E-state index in [4.69, 9.17) is 9.15 Å². The van der Waals surface area contributed by atoms with E-state index in [1.165, 1.54) is 6.07 Å². The zero-order chi connectivity index (χ0) is 19.4. The highest BCUT2D eigenvalue weighted by molar-refractivity contribution is 5.98. The SMILES string of the molecule is Cc1ccc(CNC(=O)c2c(OCC(C)C)cc(=O)n3c2CCCCC3)o1. The van der Waals surface area contributed by atoms with Crippen molar-refractivity contribution in [1.29, 1.82) is 0 Å².